The molecule has 4 heteroatoms. The maximum atomic E-state index is 12.8. The Kier molecular flexibility index (Phi) is 5.06. The van der Waals surface area contributed by atoms with Crippen molar-refractivity contribution in [1.29, 1.82) is 0 Å². The highest BCUT2D eigenvalue weighted by molar-refractivity contribution is 5.81. The van der Waals surface area contributed by atoms with Crippen LogP contribution in [0.5, 0.6) is 0 Å². The molecule has 2 rings (SSSR count). The van der Waals surface area contributed by atoms with E-state index >= 15 is 0 Å². The quantitative estimate of drug-likeness (QED) is 0.917. The number of amides is 1. The van der Waals surface area contributed by atoms with E-state index in [1.165, 1.54) is 12.1 Å². The van der Waals surface area contributed by atoms with Gasteiger partial charge in [-0.25, -0.2) is 4.39 Å². The number of benzene rings is 2. The second-order valence-electron chi connectivity index (χ2n) is 5.12. The van der Waals surface area contributed by atoms with Crippen LogP contribution in [-0.2, 0) is 17.8 Å². The number of halogens is 1. The van der Waals surface area contributed by atoms with Crippen molar-refractivity contribution in [2.24, 2.45) is 5.73 Å². The molecule has 0 spiro atoms. The van der Waals surface area contributed by atoms with Crippen molar-refractivity contribution in [3.05, 3.63) is 71.5 Å². The minimum atomic E-state index is -0.621. The highest BCUT2D eigenvalue weighted by Gasteiger charge is 2.18. The molecule has 0 saturated heterocycles. The Balaban J connectivity index is 1.93. The number of hydrogen-bond acceptors (Lipinski definition) is 2. The minimum absolute atomic E-state index is 0.122. The first-order valence-corrected chi connectivity index (χ1v) is 6.85. The lowest BCUT2D eigenvalue weighted by molar-refractivity contribution is -0.131. The SMILES string of the molecule is CN(Cc1ccccc1)C(=O)[C@@H](N)Cc1ccc(F)cc1. The van der Waals surface area contributed by atoms with Crippen LogP contribution in [-0.4, -0.2) is 23.9 Å². The first-order valence-electron chi connectivity index (χ1n) is 6.85. The maximum Gasteiger partial charge on any atom is 0.239 e. The third kappa shape index (κ3) is 4.39. The molecular weight excluding hydrogens is 267 g/mol. The summed E-state index contributed by atoms with van der Waals surface area (Å²) in [6.07, 6.45) is 0.401. The molecule has 0 aliphatic carbocycles. The molecule has 2 aromatic carbocycles. The lowest BCUT2D eigenvalue weighted by atomic mass is 10.1. The Morgan fingerprint density at radius 3 is 2.33 bits per heavy atom. The molecule has 110 valence electrons. The number of carbonyl (C=O) groups excluding carboxylic acids is 1. The number of nitrogens with two attached hydrogens (primary N) is 1. The molecule has 0 aliphatic rings. The fourth-order valence-electron chi connectivity index (χ4n) is 2.18. The fourth-order valence-corrected chi connectivity index (χ4v) is 2.18. The van der Waals surface area contributed by atoms with Crippen LogP contribution in [0, 0.1) is 5.82 Å². The summed E-state index contributed by atoms with van der Waals surface area (Å²) < 4.78 is 12.8. The summed E-state index contributed by atoms with van der Waals surface area (Å²) in [5, 5.41) is 0. The van der Waals surface area contributed by atoms with E-state index in [4.69, 9.17) is 5.73 Å². The average molecular weight is 286 g/mol. The van der Waals surface area contributed by atoms with Crippen molar-refractivity contribution in [2.75, 3.05) is 7.05 Å². The summed E-state index contributed by atoms with van der Waals surface area (Å²) in [6, 6.07) is 15.2. The van der Waals surface area contributed by atoms with E-state index in [0.29, 0.717) is 13.0 Å². The Bertz CT molecular complexity index is 583. The van der Waals surface area contributed by atoms with E-state index in [1.54, 1.807) is 24.1 Å². The monoisotopic (exact) mass is 286 g/mol. The molecule has 0 aromatic heterocycles. The van der Waals surface area contributed by atoms with Gasteiger partial charge in [0.15, 0.2) is 0 Å². The van der Waals surface area contributed by atoms with Gasteiger partial charge in [0.05, 0.1) is 6.04 Å². The Labute approximate surface area is 124 Å². The third-order valence-electron chi connectivity index (χ3n) is 3.32. The molecule has 0 bridgehead atoms. The van der Waals surface area contributed by atoms with Crippen LogP contribution in [0.2, 0.25) is 0 Å². The second-order valence-corrected chi connectivity index (χ2v) is 5.12. The number of likely N-dealkylation sites (N-methyl/N-ethyl adjacent to an activating group) is 1. The van der Waals surface area contributed by atoms with Gasteiger partial charge in [0.2, 0.25) is 5.91 Å². The van der Waals surface area contributed by atoms with Crippen LogP contribution in [0.25, 0.3) is 0 Å². The van der Waals surface area contributed by atoms with E-state index in [9.17, 15) is 9.18 Å². The Morgan fingerprint density at radius 2 is 1.71 bits per heavy atom. The smallest absolute Gasteiger partial charge is 0.239 e. The predicted molar refractivity (Wildman–Crippen MR) is 81.0 cm³/mol. The van der Waals surface area contributed by atoms with Gasteiger partial charge in [-0.1, -0.05) is 42.5 Å². The molecule has 0 radical (unpaired) electrons. The molecule has 1 atom stereocenters. The molecule has 21 heavy (non-hydrogen) atoms. The summed E-state index contributed by atoms with van der Waals surface area (Å²) in [5.74, 6) is -0.414. The van der Waals surface area contributed by atoms with E-state index < -0.39 is 6.04 Å². The standard InChI is InChI=1S/C17H19FN2O/c1-20(12-14-5-3-2-4-6-14)17(21)16(19)11-13-7-9-15(18)10-8-13/h2-10,16H,11-12,19H2,1H3/t16-/m0/s1. The second kappa shape index (κ2) is 6.99. The highest BCUT2D eigenvalue weighted by Crippen LogP contribution is 2.08. The Morgan fingerprint density at radius 1 is 1.10 bits per heavy atom. The van der Waals surface area contributed by atoms with Gasteiger partial charge in [-0.15, -0.1) is 0 Å². The summed E-state index contributed by atoms with van der Waals surface area (Å²) in [6.45, 7) is 0.525. The van der Waals surface area contributed by atoms with Crippen LogP contribution >= 0.6 is 0 Å². The molecule has 2 N–H and O–H groups in total. The summed E-state index contributed by atoms with van der Waals surface area (Å²) >= 11 is 0. The van der Waals surface area contributed by atoms with Crippen molar-refractivity contribution in [2.45, 2.75) is 19.0 Å². The number of nitrogens with zero attached hydrogens (tertiary/aromatic N) is 1. The third-order valence-corrected chi connectivity index (χ3v) is 3.32. The van der Waals surface area contributed by atoms with Gasteiger partial charge >= 0.3 is 0 Å². The molecule has 0 aliphatic heterocycles. The van der Waals surface area contributed by atoms with Gasteiger partial charge in [0, 0.05) is 13.6 Å². The first kappa shape index (κ1) is 15.2. The van der Waals surface area contributed by atoms with Crippen LogP contribution in [0.3, 0.4) is 0 Å². The van der Waals surface area contributed by atoms with Gasteiger partial charge in [0.1, 0.15) is 5.82 Å². The molecule has 0 unspecified atom stereocenters. The lowest BCUT2D eigenvalue weighted by Crippen LogP contribution is -2.42. The van der Waals surface area contributed by atoms with Gasteiger partial charge in [-0.05, 0) is 29.7 Å². The van der Waals surface area contributed by atoms with E-state index in [-0.39, 0.29) is 11.7 Å². The lowest BCUT2D eigenvalue weighted by Gasteiger charge is -2.21. The molecule has 1 amide bonds. The summed E-state index contributed by atoms with van der Waals surface area (Å²) in [5.41, 5.74) is 7.87. The van der Waals surface area contributed by atoms with Crippen molar-refractivity contribution in [1.82, 2.24) is 4.90 Å². The number of carbonyl (C=O) groups is 1. The fraction of sp³-hybridized carbons (Fsp3) is 0.235. The van der Waals surface area contributed by atoms with E-state index in [2.05, 4.69) is 0 Å². The summed E-state index contributed by atoms with van der Waals surface area (Å²) in [4.78, 5) is 13.9. The van der Waals surface area contributed by atoms with Crippen LogP contribution in [0.1, 0.15) is 11.1 Å². The normalized spacial score (nSPS) is 12.0. The zero-order valence-electron chi connectivity index (χ0n) is 12.0. The van der Waals surface area contributed by atoms with Crippen molar-refractivity contribution in [3.63, 3.8) is 0 Å². The molecule has 0 saturated carbocycles. The van der Waals surface area contributed by atoms with Crippen LogP contribution in [0.4, 0.5) is 4.39 Å². The molecule has 0 heterocycles. The van der Waals surface area contributed by atoms with Gasteiger partial charge in [-0.3, -0.25) is 4.79 Å². The van der Waals surface area contributed by atoms with Crippen molar-refractivity contribution in [3.8, 4) is 0 Å². The Hall–Kier alpha value is -2.20. The highest BCUT2D eigenvalue weighted by atomic mass is 19.1. The predicted octanol–water partition coefficient (Wildman–Crippen LogP) is 2.35. The maximum absolute atomic E-state index is 12.8. The largest absolute Gasteiger partial charge is 0.340 e. The summed E-state index contributed by atoms with van der Waals surface area (Å²) in [7, 11) is 1.74. The number of rotatable bonds is 5. The van der Waals surface area contributed by atoms with Crippen molar-refractivity contribution >= 4 is 5.91 Å². The number of hydrogen-bond donors (Lipinski definition) is 1. The average Bonchev–Trinajstić information content (AvgIpc) is 2.49. The molecule has 2 aromatic rings. The van der Waals surface area contributed by atoms with Gasteiger partial charge < -0.3 is 10.6 Å². The first-order chi connectivity index (χ1) is 10.1. The topological polar surface area (TPSA) is 46.3 Å². The van der Waals surface area contributed by atoms with E-state index in [1.807, 2.05) is 30.3 Å². The van der Waals surface area contributed by atoms with Crippen LogP contribution in [0.15, 0.2) is 54.6 Å². The van der Waals surface area contributed by atoms with Gasteiger partial charge in [0.25, 0.3) is 0 Å². The molecule has 0 fully saturated rings. The zero-order chi connectivity index (χ0) is 15.2. The van der Waals surface area contributed by atoms with E-state index in [0.717, 1.165) is 11.1 Å². The van der Waals surface area contributed by atoms with Crippen LogP contribution < -0.4 is 5.73 Å². The van der Waals surface area contributed by atoms with Crippen molar-refractivity contribution < 1.29 is 9.18 Å². The van der Waals surface area contributed by atoms with Gasteiger partial charge in [-0.2, -0.15) is 0 Å². The molecular formula is C17H19FN2O. The molecule has 3 nitrogen and oxygen atoms in total. The minimum Gasteiger partial charge on any atom is -0.340 e. The zero-order valence-corrected chi connectivity index (χ0v) is 12.0.